The van der Waals surface area contributed by atoms with Gasteiger partial charge in [-0.05, 0) is 42.5 Å². The third kappa shape index (κ3) is 3.74. The van der Waals surface area contributed by atoms with Crippen molar-refractivity contribution in [2.75, 3.05) is 37.6 Å². The zero-order valence-electron chi connectivity index (χ0n) is 15.9. The van der Waals surface area contributed by atoms with Gasteiger partial charge >= 0.3 is 0 Å². The molecule has 1 aromatic carbocycles. The van der Waals surface area contributed by atoms with Crippen molar-refractivity contribution in [1.29, 1.82) is 0 Å². The number of fused-ring (bicyclic) bond motifs is 1. The van der Waals surface area contributed by atoms with Gasteiger partial charge in [0.05, 0.1) is 11.0 Å². The topological polar surface area (TPSA) is 69.9 Å². The van der Waals surface area contributed by atoms with Crippen LogP contribution in [0.1, 0.15) is 17.4 Å². The maximum Gasteiger partial charge on any atom is 0.269 e. The molecule has 1 aromatic heterocycles. The van der Waals surface area contributed by atoms with E-state index in [0.29, 0.717) is 0 Å². The number of piperazine rings is 1. The molecule has 1 saturated heterocycles. The third-order valence-corrected chi connectivity index (χ3v) is 6.79. The monoisotopic (exact) mass is 400 g/mol. The summed E-state index contributed by atoms with van der Waals surface area (Å²) in [6.07, 6.45) is 0.958. The summed E-state index contributed by atoms with van der Waals surface area (Å²) < 4.78 is 0. The van der Waals surface area contributed by atoms with Gasteiger partial charge in [0.2, 0.25) is 5.91 Å². The molecule has 148 valence electrons. The van der Waals surface area contributed by atoms with Crippen LogP contribution in [0, 0.1) is 10.1 Å². The average molecular weight is 401 g/mol. The highest BCUT2D eigenvalue weighted by Gasteiger charge is 2.30. The van der Waals surface area contributed by atoms with Crippen molar-refractivity contribution in [2.24, 2.45) is 0 Å². The number of thiophene rings is 1. The molecule has 4 rings (SSSR count). The van der Waals surface area contributed by atoms with Crippen LogP contribution in [0.2, 0.25) is 0 Å². The van der Waals surface area contributed by atoms with Crippen LogP contribution in [-0.4, -0.2) is 59.4 Å². The SMILES string of the molecule is CC(C(=O)N1CCc2sccc2C1)N1CCN(c2ccc([N+](=O)[O-])cc2)CC1. The predicted molar refractivity (Wildman–Crippen MR) is 110 cm³/mol. The second kappa shape index (κ2) is 7.89. The lowest BCUT2D eigenvalue weighted by Crippen LogP contribution is -2.55. The molecule has 0 saturated carbocycles. The van der Waals surface area contributed by atoms with Gasteiger partial charge in [-0.2, -0.15) is 0 Å². The molecule has 0 aliphatic carbocycles. The Kier molecular flexibility index (Phi) is 5.32. The lowest BCUT2D eigenvalue weighted by Gasteiger charge is -2.40. The molecule has 2 aliphatic rings. The first-order valence-corrected chi connectivity index (χ1v) is 10.5. The smallest absolute Gasteiger partial charge is 0.269 e. The minimum Gasteiger partial charge on any atom is -0.369 e. The van der Waals surface area contributed by atoms with Crippen LogP contribution in [-0.2, 0) is 17.8 Å². The Hall–Kier alpha value is -2.45. The quantitative estimate of drug-likeness (QED) is 0.583. The fourth-order valence-electron chi connectivity index (χ4n) is 4.01. The predicted octanol–water partition coefficient (Wildman–Crippen LogP) is 2.75. The summed E-state index contributed by atoms with van der Waals surface area (Å²) in [4.78, 5) is 31.3. The van der Waals surface area contributed by atoms with Crippen LogP contribution >= 0.6 is 11.3 Å². The number of nitro benzene ring substituents is 1. The van der Waals surface area contributed by atoms with Crippen LogP contribution in [0.25, 0.3) is 0 Å². The summed E-state index contributed by atoms with van der Waals surface area (Å²) in [7, 11) is 0. The molecule has 3 heterocycles. The van der Waals surface area contributed by atoms with Crippen molar-refractivity contribution in [1.82, 2.24) is 9.80 Å². The number of benzene rings is 1. The van der Waals surface area contributed by atoms with Crippen molar-refractivity contribution >= 4 is 28.6 Å². The molecule has 0 spiro atoms. The number of hydrogen-bond acceptors (Lipinski definition) is 6. The molecule has 7 nitrogen and oxygen atoms in total. The van der Waals surface area contributed by atoms with Crippen LogP contribution < -0.4 is 4.90 Å². The first kappa shape index (κ1) is 18.9. The normalized spacial score (nSPS) is 18.6. The zero-order valence-corrected chi connectivity index (χ0v) is 16.7. The number of carbonyl (C=O) groups excluding carboxylic acids is 1. The van der Waals surface area contributed by atoms with Gasteiger partial charge in [-0.15, -0.1) is 11.3 Å². The van der Waals surface area contributed by atoms with Crippen LogP contribution in [0.4, 0.5) is 11.4 Å². The summed E-state index contributed by atoms with van der Waals surface area (Å²) >= 11 is 1.78. The third-order valence-electron chi connectivity index (χ3n) is 5.76. The fourth-order valence-corrected chi connectivity index (χ4v) is 4.90. The number of hydrogen-bond donors (Lipinski definition) is 0. The molecule has 1 unspecified atom stereocenters. The standard InChI is InChI=1S/C20H24N4O3S/c1-15(20(25)23-8-6-19-16(14-23)7-13-28-19)21-9-11-22(12-10-21)17-2-4-18(5-3-17)24(26)27/h2-5,7,13,15H,6,8-12,14H2,1H3. The van der Waals surface area contributed by atoms with Gasteiger partial charge < -0.3 is 9.80 Å². The van der Waals surface area contributed by atoms with Gasteiger partial charge in [0.25, 0.3) is 5.69 Å². The summed E-state index contributed by atoms with van der Waals surface area (Å²) in [5.41, 5.74) is 2.39. The highest BCUT2D eigenvalue weighted by Crippen LogP contribution is 2.25. The maximum absolute atomic E-state index is 13.0. The Labute approximate surface area is 168 Å². The second-order valence-corrected chi connectivity index (χ2v) is 8.35. The number of nitrogens with zero attached hydrogens (tertiary/aromatic N) is 4. The largest absolute Gasteiger partial charge is 0.369 e. The minimum absolute atomic E-state index is 0.108. The molecule has 0 radical (unpaired) electrons. The van der Waals surface area contributed by atoms with Crippen molar-refractivity contribution in [3.8, 4) is 0 Å². The van der Waals surface area contributed by atoms with E-state index in [1.165, 1.54) is 10.4 Å². The van der Waals surface area contributed by atoms with Crippen LogP contribution in [0.3, 0.4) is 0 Å². The molecule has 2 aromatic rings. The summed E-state index contributed by atoms with van der Waals surface area (Å²) in [5, 5.41) is 12.9. The van der Waals surface area contributed by atoms with Crippen molar-refractivity contribution in [3.05, 3.63) is 56.3 Å². The number of nitro groups is 1. The minimum atomic E-state index is -0.380. The van der Waals surface area contributed by atoms with E-state index in [4.69, 9.17) is 0 Å². The first-order valence-electron chi connectivity index (χ1n) is 9.60. The number of rotatable bonds is 4. The number of non-ortho nitro benzene ring substituents is 1. The van der Waals surface area contributed by atoms with Gasteiger partial charge in [0.15, 0.2) is 0 Å². The summed E-state index contributed by atoms with van der Waals surface area (Å²) in [6, 6.07) is 8.70. The zero-order chi connectivity index (χ0) is 19.7. The second-order valence-electron chi connectivity index (χ2n) is 7.35. The van der Waals surface area contributed by atoms with E-state index in [1.54, 1.807) is 35.6 Å². The molecule has 1 atom stereocenters. The molecular formula is C20H24N4O3S. The van der Waals surface area contributed by atoms with E-state index < -0.39 is 0 Å². The van der Waals surface area contributed by atoms with Crippen LogP contribution in [0.5, 0.6) is 0 Å². The van der Waals surface area contributed by atoms with E-state index in [1.807, 2.05) is 11.8 Å². The molecule has 0 N–H and O–H groups in total. The molecule has 1 amide bonds. The van der Waals surface area contributed by atoms with E-state index >= 15 is 0 Å². The van der Waals surface area contributed by atoms with Gasteiger partial charge in [0, 0.05) is 62.0 Å². The van der Waals surface area contributed by atoms with Crippen molar-refractivity contribution in [3.63, 3.8) is 0 Å². The number of anilines is 1. The molecule has 0 bridgehead atoms. The highest BCUT2D eigenvalue weighted by molar-refractivity contribution is 7.10. The lowest BCUT2D eigenvalue weighted by molar-refractivity contribution is -0.384. The van der Waals surface area contributed by atoms with E-state index in [0.717, 1.165) is 51.4 Å². The fraction of sp³-hybridized carbons (Fsp3) is 0.450. The molecule has 8 heteroatoms. The van der Waals surface area contributed by atoms with Crippen molar-refractivity contribution < 1.29 is 9.72 Å². The Balaban J connectivity index is 1.33. The maximum atomic E-state index is 13.0. The Morgan fingerprint density at radius 3 is 2.50 bits per heavy atom. The summed E-state index contributed by atoms with van der Waals surface area (Å²) in [5.74, 6) is 0.209. The number of carbonyl (C=O) groups is 1. The molecular weight excluding hydrogens is 376 g/mol. The first-order chi connectivity index (χ1) is 13.5. The molecule has 1 fully saturated rings. The van der Waals surface area contributed by atoms with Gasteiger partial charge in [0.1, 0.15) is 0 Å². The van der Waals surface area contributed by atoms with Gasteiger partial charge in [-0.1, -0.05) is 0 Å². The Bertz CT molecular complexity index is 859. The lowest BCUT2D eigenvalue weighted by atomic mass is 10.1. The van der Waals surface area contributed by atoms with E-state index in [2.05, 4.69) is 21.2 Å². The average Bonchev–Trinajstić information content (AvgIpc) is 3.21. The Morgan fingerprint density at radius 1 is 1.11 bits per heavy atom. The van der Waals surface area contributed by atoms with E-state index in [9.17, 15) is 14.9 Å². The number of amides is 1. The Morgan fingerprint density at radius 2 is 1.82 bits per heavy atom. The van der Waals surface area contributed by atoms with Crippen molar-refractivity contribution in [2.45, 2.75) is 25.9 Å². The molecule has 2 aliphatic heterocycles. The van der Waals surface area contributed by atoms with Gasteiger partial charge in [-0.3, -0.25) is 19.8 Å². The van der Waals surface area contributed by atoms with Crippen LogP contribution in [0.15, 0.2) is 35.7 Å². The summed E-state index contributed by atoms with van der Waals surface area (Å²) in [6.45, 7) is 6.77. The molecule has 28 heavy (non-hydrogen) atoms. The van der Waals surface area contributed by atoms with Gasteiger partial charge in [-0.25, -0.2) is 0 Å². The highest BCUT2D eigenvalue weighted by atomic mass is 32.1. The van der Waals surface area contributed by atoms with E-state index in [-0.39, 0.29) is 22.6 Å².